The van der Waals surface area contributed by atoms with E-state index >= 15 is 0 Å². The van der Waals surface area contributed by atoms with Gasteiger partial charge in [0.2, 0.25) is 5.88 Å². The summed E-state index contributed by atoms with van der Waals surface area (Å²) in [6.45, 7) is 10.8. The summed E-state index contributed by atoms with van der Waals surface area (Å²) in [5.41, 5.74) is 1.10. The summed E-state index contributed by atoms with van der Waals surface area (Å²) in [5.74, 6) is 1.54. The number of aliphatic imine (C=N–C) groups is 1. The standard InChI is InChI=1S/C20H35N5O/c1-3-21-20(23-11-9-15-25-13-7-5-6-8-14-25)24-17-18-10-12-22-19(16-18)26-4-2/h10,12,16H,3-9,11,13-15,17H2,1-2H3,(H2,21,23,24). The number of hydrogen-bond donors (Lipinski definition) is 2. The Morgan fingerprint density at radius 1 is 1.19 bits per heavy atom. The van der Waals surface area contributed by atoms with Crippen molar-refractivity contribution in [3.05, 3.63) is 23.9 Å². The zero-order valence-corrected chi connectivity index (χ0v) is 16.5. The van der Waals surface area contributed by atoms with E-state index in [4.69, 9.17) is 4.74 Å². The zero-order chi connectivity index (χ0) is 18.5. The molecule has 146 valence electrons. The van der Waals surface area contributed by atoms with E-state index in [0.29, 0.717) is 19.0 Å². The minimum atomic E-state index is 0.615. The highest BCUT2D eigenvalue weighted by molar-refractivity contribution is 5.79. The van der Waals surface area contributed by atoms with E-state index in [1.807, 2.05) is 19.1 Å². The molecule has 2 N–H and O–H groups in total. The van der Waals surface area contributed by atoms with Gasteiger partial charge in [-0.05, 0) is 64.4 Å². The quantitative estimate of drug-likeness (QED) is 0.402. The molecule has 2 heterocycles. The molecule has 6 heteroatoms. The van der Waals surface area contributed by atoms with Crippen LogP contribution >= 0.6 is 0 Å². The van der Waals surface area contributed by atoms with Crippen molar-refractivity contribution >= 4 is 5.96 Å². The van der Waals surface area contributed by atoms with E-state index in [1.165, 1.54) is 45.3 Å². The van der Waals surface area contributed by atoms with Crippen molar-refractivity contribution in [1.82, 2.24) is 20.5 Å². The SMILES string of the molecule is CCNC(=NCc1ccnc(OCC)c1)NCCCN1CCCCCC1. The highest BCUT2D eigenvalue weighted by Crippen LogP contribution is 2.10. The maximum atomic E-state index is 5.45. The van der Waals surface area contributed by atoms with Gasteiger partial charge >= 0.3 is 0 Å². The van der Waals surface area contributed by atoms with Gasteiger partial charge in [-0.3, -0.25) is 0 Å². The summed E-state index contributed by atoms with van der Waals surface area (Å²) in [5, 5.41) is 6.77. The number of aromatic nitrogens is 1. The molecule has 0 bridgehead atoms. The van der Waals surface area contributed by atoms with Crippen LogP contribution in [0.2, 0.25) is 0 Å². The van der Waals surface area contributed by atoms with Crippen molar-refractivity contribution in [2.75, 3.05) is 39.3 Å². The second kappa shape index (κ2) is 12.5. The van der Waals surface area contributed by atoms with Crippen LogP contribution in [0.25, 0.3) is 0 Å². The molecule has 2 rings (SSSR count). The van der Waals surface area contributed by atoms with Crippen LogP contribution in [0, 0.1) is 0 Å². The Morgan fingerprint density at radius 2 is 2.00 bits per heavy atom. The molecule has 0 atom stereocenters. The van der Waals surface area contributed by atoms with Crippen molar-refractivity contribution in [1.29, 1.82) is 0 Å². The highest BCUT2D eigenvalue weighted by atomic mass is 16.5. The lowest BCUT2D eigenvalue weighted by atomic mass is 10.2. The Balaban J connectivity index is 1.75. The molecule has 0 radical (unpaired) electrons. The van der Waals surface area contributed by atoms with Gasteiger partial charge in [0.05, 0.1) is 13.2 Å². The van der Waals surface area contributed by atoms with E-state index in [-0.39, 0.29) is 0 Å². The molecular formula is C20H35N5O. The number of guanidine groups is 1. The van der Waals surface area contributed by atoms with E-state index in [0.717, 1.165) is 31.0 Å². The predicted molar refractivity (Wildman–Crippen MR) is 108 cm³/mol. The van der Waals surface area contributed by atoms with Gasteiger partial charge < -0.3 is 20.3 Å². The zero-order valence-electron chi connectivity index (χ0n) is 16.5. The molecule has 0 saturated carbocycles. The van der Waals surface area contributed by atoms with Gasteiger partial charge in [-0.1, -0.05) is 12.8 Å². The van der Waals surface area contributed by atoms with E-state index in [9.17, 15) is 0 Å². The van der Waals surface area contributed by atoms with E-state index in [1.54, 1.807) is 6.20 Å². The molecule has 1 aromatic heterocycles. The summed E-state index contributed by atoms with van der Waals surface area (Å²) in [4.78, 5) is 11.5. The van der Waals surface area contributed by atoms with Crippen LogP contribution in [-0.4, -0.2) is 55.2 Å². The Bertz CT molecular complexity index is 527. The molecule has 26 heavy (non-hydrogen) atoms. The summed E-state index contributed by atoms with van der Waals surface area (Å²) in [7, 11) is 0. The summed E-state index contributed by atoms with van der Waals surface area (Å²) in [6, 6.07) is 3.94. The van der Waals surface area contributed by atoms with Gasteiger partial charge in [-0.25, -0.2) is 9.98 Å². The first kappa shape index (κ1) is 20.5. The molecule has 6 nitrogen and oxygen atoms in total. The first-order valence-corrected chi connectivity index (χ1v) is 10.1. The highest BCUT2D eigenvalue weighted by Gasteiger charge is 2.08. The van der Waals surface area contributed by atoms with E-state index < -0.39 is 0 Å². The average Bonchev–Trinajstić information content (AvgIpc) is 2.92. The molecule has 0 spiro atoms. The van der Waals surface area contributed by atoms with Crippen LogP contribution in [0.3, 0.4) is 0 Å². The van der Waals surface area contributed by atoms with Crippen LogP contribution in [0.5, 0.6) is 5.88 Å². The maximum absolute atomic E-state index is 5.45. The van der Waals surface area contributed by atoms with Gasteiger partial charge in [-0.15, -0.1) is 0 Å². The number of likely N-dealkylation sites (tertiary alicyclic amines) is 1. The van der Waals surface area contributed by atoms with Gasteiger partial charge in [0, 0.05) is 25.4 Å². The summed E-state index contributed by atoms with van der Waals surface area (Å²) < 4.78 is 5.45. The van der Waals surface area contributed by atoms with Crippen LogP contribution < -0.4 is 15.4 Å². The smallest absolute Gasteiger partial charge is 0.213 e. The monoisotopic (exact) mass is 361 g/mol. The fourth-order valence-electron chi connectivity index (χ4n) is 3.16. The van der Waals surface area contributed by atoms with Crippen molar-refractivity contribution in [3.8, 4) is 5.88 Å². The lowest BCUT2D eigenvalue weighted by Crippen LogP contribution is -2.39. The fourth-order valence-corrected chi connectivity index (χ4v) is 3.16. The number of rotatable bonds is 9. The first-order valence-electron chi connectivity index (χ1n) is 10.1. The molecule has 0 amide bonds. The minimum absolute atomic E-state index is 0.615. The number of nitrogens with one attached hydrogen (secondary N) is 2. The van der Waals surface area contributed by atoms with Crippen molar-refractivity contribution in [2.24, 2.45) is 4.99 Å². The number of ether oxygens (including phenoxy) is 1. The molecule has 0 unspecified atom stereocenters. The van der Waals surface area contributed by atoms with Crippen LogP contribution in [-0.2, 0) is 6.54 Å². The Hall–Kier alpha value is -1.82. The van der Waals surface area contributed by atoms with Crippen molar-refractivity contribution in [3.63, 3.8) is 0 Å². The Morgan fingerprint density at radius 3 is 2.73 bits per heavy atom. The molecule has 0 aliphatic carbocycles. The lowest BCUT2D eigenvalue weighted by molar-refractivity contribution is 0.282. The van der Waals surface area contributed by atoms with Crippen LogP contribution in [0.15, 0.2) is 23.3 Å². The molecule has 1 saturated heterocycles. The maximum Gasteiger partial charge on any atom is 0.213 e. The topological polar surface area (TPSA) is 61.8 Å². The third-order valence-corrected chi connectivity index (χ3v) is 4.50. The largest absolute Gasteiger partial charge is 0.478 e. The van der Waals surface area contributed by atoms with Crippen molar-refractivity contribution in [2.45, 2.75) is 52.5 Å². The summed E-state index contributed by atoms with van der Waals surface area (Å²) >= 11 is 0. The molecular weight excluding hydrogens is 326 g/mol. The van der Waals surface area contributed by atoms with Crippen LogP contribution in [0.1, 0.15) is 51.5 Å². The third-order valence-electron chi connectivity index (χ3n) is 4.50. The van der Waals surface area contributed by atoms with Crippen LogP contribution in [0.4, 0.5) is 0 Å². The second-order valence-corrected chi connectivity index (χ2v) is 6.67. The summed E-state index contributed by atoms with van der Waals surface area (Å²) in [6.07, 6.45) is 8.42. The van der Waals surface area contributed by atoms with Gasteiger partial charge in [0.15, 0.2) is 5.96 Å². The average molecular weight is 362 g/mol. The van der Waals surface area contributed by atoms with Gasteiger partial charge in [0.1, 0.15) is 0 Å². The van der Waals surface area contributed by atoms with Gasteiger partial charge in [-0.2, -0.15) is 0 Å². The normalized spacial score (nSPS) is 16.2. The fraction of sp³-hybridized carbons (Fsp3) is 0.700. The third kappa shape index (κ3) is 8.04. The number of hydrogen-bond acceptors (Lipinski definition) is 4. The number of nitrogens with zero attached hydrogens (tertiary/aromatic N) is 3. The first-order chi connectivity index (χ1) is 12.8. The Labute approximate surface area is 158 Å². The number of pyridine rings is 1. The minimum Gasteiger partial charge on any atom is -0.478 e. The molecule has 1 fully saturated rings. The predicted octanol–water partition coefficient (Wildman–Crippen LogP) is 2.80. The molecule has 0 aromatic carbocycles. The van der Waals surface area contributed by atoms with E-state index in [2.05, 4.69) is 32.4 Å². The molecule has 1 aliphatic rings. The molecule has 1 aliphatic heterocycles. The Kier molecular flexibility index (Phi) is 9.87. The lowest BCUT2D eigenvalue weighted by Gasteiger charge is -2.20. The van der Waals surface area contributed by atoms with Gasteiger partial charge in [0.25, 0.3) is 0 Å². The molecule has 1 aromatic rings. The second-order valence-electron chi connectivity index (χ2n) is 6.67. The van der Waals surface area contributed by atoms with Crippen molar-refractivity contribution < 1.29 is 4.74 Å².